The first kappa shape index (κ1) is 52.2. The molecule has 0 aromatic rings. The van der Waals surface area contributed by atoms with Gasteiger partial charge in [-0.2, -0.15) is 0 Å². The molecule has 0 aliphatic carbocycles. The highest BCUT2D eigenvalue weighted by Crippen LogP contribution is 2.43. The number of unbranched alkanes of at least 4 members (excludes halogenated alkanes) is 19. The molecule has 0 spiro atoms. The van der Waals surface area contributed by atoms with Crippen molar-refractivity contribution in [2.45, 2.75) is 187 Å². The minimum atomic E-state index is -4.37. The molecule has 0 fully saturated rings. The van der Waals surface area contributed by atoms with Crippen LogP contribution in [-0.2, 0) is 32.7 Å². The van der Waals surface area contributed by atoms with Crippen molar-refractivity contribution in [3.8, 4) is 0 Å². The Morgan fingerprint density at radius 1 is 0.574 bits per heavy atom. The van der Waals surface area contributed by atoms with E-state index in [4.69, 9.17) is 18.5 Å². The number of phosphoric acid groups is 1. The minimum absolute atomic E-state index is 0.0285. The maximum atomic E-state index is 12.7. The van der Waals surface area contributed by atoms with E-state index >= 15 is 0 Å². The average molecular weight is 785 g/mol. The summed E-state index contributed by atoms with van der Waals surface area (Å²) >= 11 is 0. The van der Waals surface area contributed by atoms with Gasteiger partial charge in [0.15, 0.2) is 6.10 Å². The summed E-state index contributed by atoms with van der Waals surface area (Å²) in [7, 11) is 1.46. The van der Waals surface area contributed by atoms with Crippen LogP contribution < -0.4 is 0 Å². The van der Waals surface area contributed by atoms with Gasteiger partial charge in [0.2, 0.25) is 0 Å². The molecule has 0 saturated carbocycles. The predicted octanol–water partition coefficient (Wildman–Crippen LogP) is 12.1. The molecule has 0 radical (unpaired) electrons. The lowest BCUT2D eigenvalue weighted by molar-refractivity contribution is -0.870. The second kappa shape index (κ2) is 36.8. The number of esters is 2. The molecule has 316 valence electrons. The molecule has 0 aromatic heterocycles. The van der Waals surface area contributed by atoms with Crippen LogP contribution in [0.1, 0.15) is 181 Å². The summed E-state index contributed by atoms with van der Waals surface area (Å²) in [6.45, 7) is 4.36. The van der Waals surface area contributed by atoms with Gasteiger partial charge in [-0.15, -0.1) is 0 Å². The third-order valence-electron chi connectivity index (χ3n) is 9.14. The largest absolute Gasteiger partial charge is 0.472 e. The Kier molecular flexibility index (Phi) is 35.6. The van der Waals surface area contributed by atoms with Crippen LogP contribution >= 0.6 is 7.82 Å². The normalized spacial score (nSPS) is 14.0. The number of likely N-dealkylation sites (N-methyl/N-ethyl adjacent to an activating group) is 1. The maximum Gasteiger partial charge on any atom is 0.472 e. The topological polar surface area (TPSA) is 108 Å². The average Bonchev–Trinajstić information content (AvgIpc) is 3.12. The van der Waals surface area contributed by atoms with Gasteiger partial charge in [0.25, 0.3) is 0 Å². The summed E-state index contributed by atoms with van der Waals surface area (Å²) in [6.07, 6.45) is 40.4. The monoisotopic (exact) mass is 785 g/mol. The van der Waals surface area contributed by atoms with E-state index in [-0.39, 0.29) is 32.0 Å². The van der Waals surface area contributed by atoms with Gasteiger partial charge >= 0.3 is 19.8 Å². The number of rotatable bonds is 39. The molecule has 54 heavy (non-hydrogen) atoms. The second-order valence-corrected chi connectivity index (χ2v) is 17.2. The molecule has 0 saturated heterocycles. The summed E-state index contributed by atoms with van der Waals surface area (Å²) in [6, 6.07) is 0. The predicted molar refractivity (Wildman–Crippen MR) is 224 cm³/mol. The SMILES string of the molecule is CCCCC/C=C/C/C=C/CCCCCCCCCC(=O)OC[C@H](COP(=O)(O)OCC[N+](C)(C)C)OC(=O)CCCCCCC/C=C/CCCCCC. The lowest BCUT2D eigenvalue weighted by Crippen LogP contribution is -2.37. The van der Waals surface area contributed by atoms with Gasteiger partial charge in [-0.25, -0.2) is 4.57 Å². The minimum Gasteiger partial charge on any atom is -0.462 e. The van der Waals surface area contributed by atoms with Gasteiger partial charge in [0, 0.05) is 12.8 Å². The van der Waals surface area contributed by atoms with Crippen molar-refractivity contribution >= 4 is 19.8 Å². The molecule has 1 unspecified atom stereocenters. The van der Waals surface area contributed by atoms with E-state index in [0.29, 0.717) is 17.4 Å². The van der Waals surface area contributed by atoms with Crippen LogP contribution in [0.2, 0.25) is 0 Å². The zero-order valence-corrected chi connectivity index (χ0v) is 36.3. The summed E-state index contributed by atoms with van der Waals surface area (Å²) in [5.41, 5.74) is 0. The highest BCUT2D eigenvalue weighted by Gasteiger charge is 2.27. The smallest absolute Gasteiger partial charge is 0.462 e. The molecule has 0 aliphatic heterocycles. The van der Waals surface area contributed by atoms with E-state index in [9.17, 15) is 19.0 Å². The van der Waals surface area contributed by atoms with Crippen molar-refractivity contribution in [1.29, 1.82) is 0 Å². The molecule has 9 nitrogen and oxygen atoms in total. The van der Waals surface area contributed by atoms with Crippen LogP contribution in [0.25, 0.3) is 0 Å². The summed E-state index contributed by atoms with van der Waals surface area (Å²) in [4.78, 5) is 35.3. The van der Waals surface area contributed by atoms with Crippen molar-refractivity contribution in [3.63, 3.8) is 0 Å². The van der Waals surface area contributed by atoms with Crippen LogP contribution in [0.3, 0.4) is 0 Å². The number of hydrogen-bond donors (Lipinski definition) is 1. The van der Waals surface area contributed by atoms with Crippen molar-refractivity contribution in [1.82, 2.24) is 0 Å². The van der Waals surface area contributed by atoms with E-state index in [0.717, 1.165) is 70.6 Å². The number of ether oxygens (including phenoxy) is 2. The Hall–Kier alpha value is -1.77. The van der Waals surface area contributed by atoms with Crippen LogP contribution in [0.5, 0.6) is 0 Å². The number of carbonyl (C=O) groups is 2. The number of carbonyl (C=O) groups excluding carboxylic acids is 2. The fourth-order valence-electron chi connectivity index (χ4n) is 5.68. The van der Waals surface area contributed by atoms with Gasteiger partial charge in [-0.1, -0.05) is 134 Å². The molecular weight excluding hydrogens is 701 g/mol. The lowest BCUT2D eigenvalue weighted by atomic mass is 10.1. The Bertz CT molecular complexity index is 1020. The molecule has 0 rings (SSSR count). The van der Waals surface area contributed by atoms with E-state index in [1.165, 1.54) is 77.0 Å². The molecule has 10 heteroatoms. The zero-order chi connectivity index (χ0) is 40.0. The quantitative estimate of drug-likeness (QED) is 0.0216. The first-order valence-electron chi connectivity index (χ1n) is 21.7. The van der Waals surface area contributed by atoms with Crippen molar-refractivity contribution in [2.24, 2.45) is 0 Å². The molecule has 0 heterocycles. The summed E-state index contributed by atoms with van der Waals surface area (Å²) in [5, 5.41) is 0. The number of phosphoric ester groups is 1. The van der Waals surface area contributed by atoms with Gasteiger partial charge in [0.05, 0.1) is 27.7 Å². The summed E-state index contributed by atoms with van der Waals surface area (Å²) in [5.74, 6) is -0.818. The second-order valence-electron chi connectivity index (χ2n) is 15.7. The van der Waals surface area contributed by atoms with Crippen molar-refractivity contribution in [3.05, 3.63) is 36.5 Å². The molecule has 0 aliphatic rings. The van der Waals surface area contributed by atoms with Gasteiger partial charge < -0.3 is 18.9 Å². The zero-order valence-electron chi connectivity index (χ0n) is 35.5. The Morgan fingerprint density at radius 2 is 1.00 bits per heavy atom. The molecular formula is C44H83NO8P+. The van der Waals surface area contributed by atoms with Crippen molar-refractivity contribution in [2.75, 3.05) is 47.5 Å². The van der Waals surface area contributed by atoms with E-state index < -0.39 is 26.5 Å². The van der Waals surface area contributed by atoms with Crippen molar-refractivity contribution < 1.29 is 42.1 Å². The van der Waals surface area contributed by atoms with E-state index in [1.54, 1.807) is 0 Å². The number of hydrogen-bond acceptors (Lipinski definition) is 7. The van der Waals surface area contributed by atoms with Gasteiger partial charge in [-0.3, -0.25) is 18.6 Å². The highest BCUT2D eigenvalue weighted by atomic mass is 31.2. The maximum absolute atomic E-state index is 12.7. The first-order valence-corrected chi connectivity index (χ1v) is 23.2. The van der Waals surface area contributed by atoms with Crippen LogP contribution in [0.4, 0.5) is 0 Å². The number of nitrogens with zero attached hydrogens (tertiary/aromatic N) is 1. The third-order valence-corrected chi connectivity index (χ3v) is 10.1. The van der Waals surface area contributed by atoms with Crippen LogP contribution in [0.15, 0.2) is 36.5 Å². The standard InChI is InChI=1S/C44H82NO8P/c1-6-8-10-12-14-16-18-20-21-22-23-25-26-28-30-32-34-36-43(46)50-40-42(41-52-54(48,49)51-39-38-45(3,4)5)53-44(47)37-35-33-31-29-27-24-19-17-15-13-11-9-7-2/h14,16-17,19-21,42H,6-13,15,18,22-41H2,1-5H3/p+1/b16-14+,19-17+,21-20+/t42-/m1/s1. The fraction of sp³-hybridized carbons (Fsp3) is 0.818. The van der Waals surface area contributed by atoms with E-state index in [2.05, 4.69) is 50.3 Å². The number of allylic oxidation sites excluding steroid dienone is 6. The van der Waals surface area contributed by atoms with Crippen LogP contribution in [-0.4, -0.2) is 74.9 Å². The Labute approximate surface area is 331 Å². The van der Waals surface area contributed by atoms with E-state index in [1.807, 2.05) is 21.1 Å². The molecule has 0 aromatic carbocycles. The lowest BCUT2D eigenvalue weighted by Gasteiger charge is -2.24. The molecule has 0 bridgehead atoms. The molecule has 2 atom stereocenters. The molecule has 0 amide bonds. The number of quaternary nitrogens is 1. The van der Waals surface area contributed by atoms with Gasteiger partial charge in [-0.05, 0) is 70.6 Å². The third kappa shape index (κ3) is 39.9. The van der Waals surface area contributed by atoms with Gasteiger partial charge in [0.1, 0.15) is 19.8 Å². The molecule has 1 N–H and O–H groups in total. The first-order chi connectivity index (χ1) is 26.0. The Morgan fingerprint density at radius 3 is 1.52 bits per heavy atom. The fourth-order valence-corrected chi connectivity index (χ4v) is 6.43. The highest BCUT2D eigenvalue weighted by molar-refractivity contribution is 7.47. The van der Waals surface area contributed by atoms with Crippen LogP contribution in [0, 0.1) is 0 Å². The summed E-state index contributed by atoms with van der Waals surface area (Å²) < 4.78 is 34.3. The Balaban J connectivity index is 4.37.